The molecule has 4 N–H and O–H groups in total. The largest absolute Gasteiger partial charge is 0.480 e. The highest BCUT2D eigenvalue weighted by Gasteiger charge is 2.28. The molecule has 0 rings (SSSR count). The van der Waals surface area contributed by atoms with Gasteiger partial charge in [0.25, 0.3) is 0 Å². The van der Waals surface area contributed by atoms with Crippen molar-refractivity contribution in [2.45, 2.75) is 225 Å². The average Bonchev–Trinajstić information content (AvgIpc) is 3.24. The molecule has 0 aromatic rings. The first kappa shape index (κ1) is 58.4. The maximum atomic E-state index is 12.7. The standard InChI is InChI=1S/C49H88NO10P/c1-3-5-7-9-11-13-15-17-19-21-22-23-25-26-28-30-32-34-36-38-40-47(51)57-42-45(43-58-61(55,56)59-44-46(50)49(53)54)60-48(52)41-39-37-35-33-31-29-27-24-20-18-16-14-12-10-8-6-4-2/h6,8,12,14,18,20,27,29,45-46H,3-5,7,9-11,13,15-17,19,21-26,28,30-44,50H2,1-2H3,(H,53,54)(H,55,56)/b8-6-,14-12-,20-18-,29-27-. The Bertz CT molecular complexity index is 1220. The molecule has 0 saturated heterocycles. The van der Waals surface area contributed by atoms with Crippen LogP contribution in [-0.4, -0.2) is 59.9 Å². The Labute approximate surface area is 371 Å². The van der Waals surface area contributed by atoms with Crippen LogP contribution in [0.1, 0.15) is 213 Å². The Morgan fingerprint density at radius 3 is 1.38 bits per heavy atom. The smallest absolute Gasteiger partial charge is 0.472 e. The van der Waals surface area contributed by atoms with E-state index in [-0.39, 0.29) is 19.4 Å². The van der Waals surface area contributed by atoms with Crippen LogP contribution in [0.15, 0.2) is 48.6 Å². The zero-order valence-corrected chi connectivity index (χ0v) is 39.4. The molecular weight excluding hydrogens is 794 g/mol. The quantitative estimate of drug-likeness (QED) is 0.0230. The van der Waals surface area contributed by atoms with Gasteiger partial charge in [-0.25, -0.2) is 4.57 Å². The lowest BCUT2D eigenvalue weighted by atomic mass is 10.0. The summed E-state index contributed by atoms with van der Waals surface area (Å²) >= 11 is 0. The number of carboxylic acids is 1. The van der Waals surface area contributed by atoms with Crippen molar-refractivity contribution in [1.82, 2.24) is 0 Å². The summed E-state index contributed by atoms with van der Waals surface area (Å²) in [5, 5.41) is 8.91. The molecule has 0 aliphatic carbocycles. The first-order valence-electron chi connectivity index (χ1n) is 24.2. The minimum Gasteiger partial charge on any atom is -0.480 e. The number of carbonyl (C=O) groups excluding carboxylic acids is 2. The maximum Gasteiger partial charge on any atom is 0.472 e. The van der Waals surface area contributed by atoms with E-state index in [1.54, 1.807) is 0 Å². The number of unbranched alkanes of at least 4 members (excludes halogenated alkanes) is 23. The first-order chi connectivity index (χ1) is 29.6. The van der Waals surface area contributed by atoms with Crippen LogP contribution in [0, 0.1) is 0 Å². The monoisotopic (exact) mass is 882 g/mol. The lowest BCUT2D eigenvalue weighted by Crippen LogP contribution is -2.34. The van der Waals surface area contributed by atoms with Gasteiger partial charge >= 0.3 is 25.7 Å². The number of phosphoric acid groups is 1. The number of hydrogen-bond donors (Lipinski definition) is 3. The van der Waals surface area contributed by atoms with E-state index in [1.165, 1.54) is 103 Å². The summed E-state index contributed by atoms with van der Waals surface area (Å²) in [6.45, 7) is 2.69. The van der Waals surface area contributed by atoms with Gasteiger partial charge in [0.1, 0.15) is 12.6 Å². The summed E-state index contributed by atoms with van der Waals surface area (Å²) < 4.78 is 32.8. The summed E-state index contributed by atoms with van der Waals surface area (Å²) in [4.78, 5) is 46.1. The van der Waals surface area contributed by atoms with Crippen LogP contribution >= 0.6 is 7.82 Å². The Balaban J connectivity index is 4.30. The molecule has 3 unspecified atom stereocenters. The summed E-state index contributed by atoms with van der Waals surface area (Å²) in [5.74, 6) is -2.40. The van der Waals surface area contributed by atoms with E-state index in [1.807, 2.05) is 0 Å². The third-order valence-electron chi connectivity index (χ3n) is 10.3. The molecular formula is C49H88NO10P. The molecule has 61 heavy (non-hydrogen) atoms. The highest BCUT2D eigenvalue weighted by atomic mass is 31.2. The van der Waals surface area contributed by atoms with Crippen molar-refractivity contribution >= 4 is 25.7 Å². The van der Waals surface area contributed by atoms with Crippen LogP contribution in [0.25, 0.3) is 0 Å². The number of hydrogen-bond acceptors (Lipinski definition) is 9. The van der Waals surface area contributed by atoms with Gasteiger partial charge in [0, 0.05) is 12.8 Å². The number of allylic oxidation sites excluding steroid dienone is 8. The van der Waals surface area contributed by atoms with Crippen LogP contribution in [0.5, 0.6) is 0 Å². The Morgan fingerprint density at radius 2 is 0.918 bits per heavy atom. The van der Waals surface area contributed by atoms with Crippen LogP contribution in [0.2, 0.25) is 0 Å². The normalized spacial score (nSPS) is 14.0. The van der Waals surface area contributed by atoms with Gasteiger partial charge in [0.05, 0.1) is 13.2 Å². The van der Waals surface area contributed by atoms with Gasteiger partial charge in [0.2, 0.25) is 0 Å². The van der Waals surface area contributed by atoms with Gasteiger partial charge in [-0.05, 0) is 51.4 Å². The minimum atomic E-state index is -4.73. The van der Waals surface area contributed by atoms with Gasteiger partial charge in [0.15, 0.2) is 6.10 Å². The second-order valence-corrected chi connectivity index (χ2v) is 17.7. The molecule has 0 bridgehead atoms. The zero-order valence-electron chi connectivity index (χ0n) is 38.5. The second kappa shape index (κ2) is 44.1. The predicted molar refractivity (Wildman–Crippen MR) is 249 cm³/mol. The van der Waals surface area contributed by atoms with Crippen LogP contribution in [-0.2, 0) is 37.5 Å². The number of aliphatic carboxylic acids is 1. The topological polar surface area (TPSA) is 172 Å². The molecule has 0 aromatic heterocycles. The summed E-state index contributed by atoms with van der Waals surface area (Å²) in [6.07, 6.45) is 50.3. The van der Waals surface area contributed by atoms with E-state index in [9.17, 15) is 23.8 Å². The van der Waals surface area contributed by atoms with E-state index >= 15 is 0 Å². The molecule has 0 aliphatic heterocycles. The van der Waals surface area contributed by atoms with Crippen molar-refractivity contribution in [2.75, 3.05) is 19.8 Å². The van der Waals surface area contributed by atoms with E-state index in [2.05, 4.69) is 67.0 Å². The highest BCUT2D eigenvalue weighted by molar-refractivity contribution is 7.47. The van der Waals surface area contributed by atoms with Gasteiger partial charge in [-0.1, -0.05) is 197 Å². The molecule has 11 nitrogen and oxygen atoms in total. The van der Waals surface area contributed by atoms with Crippen LogP contribution < -0.4 is 5.73 Å². The van der Waals surface area contributed by atoms with E-state index in [0.29, 0.717) is 12.8 Å². The van der Waals surface area contributed by atoms with Crippen molar-refractivity contribution in [3.05, 3.63) is 48.6 Å². The van der Waals surface area contributed by atoms with Crippen molar-refractivity contribution < 1.29 is 47.5 Å². The maximum absolute atomic E-state index is 12.7. The molecule has 354 valence electrons. The Morgan fingerprint density at radius 1 is 0.525 bits per heavy atom. The number of rotatable bonds is 45. The Kier molecular flexibility index (Phi) is 42.2. The number of phosphoric ester groups is 1. The van der Waals surface area contributed by atoms with Gasteiger partial charge in [-0.2, -0.15) is 0 Å². The highest BCUT2D eigenvalue weighted by Crippen LogP contribution is 2.43. The molecule has 0 fully saturated rings. The number of nitrogens with two attached hydrogens (primary N) is 1. The van der Waals surface area contributed by atoms with E-state index in [0.717, 1.165) is 70.6 Å². The lowest BCUT2D eigenvalue weighted by molar-refractivity contribution is -0.161. The number of ether oxygens (including phenoxy) is 2. The summed E-state index contributed by atoms with van der Waals surface area (Å²) in [7, 11) is -4.73. The lowest BCUT2D eigenvalue weighted by Gasteiger charge is -2.20. The number of carbonyl (C=O) groups is 3. The molecule has 0 saturated carbocycles. The zero-order chi connectivity index (χ0) is 44.9. The molecule has 0 amide bonds. The first-order valence-corrected chi connectivity index (χ1v) is 25.7. The van der Waals surface area contributed by atoms with Crippen molar-refractivity contribution in [1.29, 1.82) is 0 Å². The fourth-order valence-electron chi connectivity index (χ4n) is 6.59. The van der Waals surface area contributed by atoms with Crippen molar-refractivity contribution in [3.63, 3.8) is 0 Å². The Hall–Kier alpha value is -2.56. The van der Waals surface area contributed by atoms with Gasteiger partial charge in [-0.3, -0.25) is 23.4 Å². The predicted octanol–water partition coefficient (Wildman–Crippen LogP) is 13.3. The van der Waals surface area contributed by atoms with Crippen LogP contribution in [0.4, 0.5) is 0 Å². The van der Waals surface area contributed by atoms with E-state index in [4.69, 9.17) is 24.8 Å². The average molecular weight is 882 g/mol. The van der Waals surface area contributed by atoms with Crippen molar-refractivity contribution in [3.8, 4) is 0 Å². The fourth-order valence-corrected chi connectivity index (χ4v) is 7.36. The van der Waals surface area contributed by atoms with Gasteiger partial charge < -0.3 is 25.2 Å². The van der Waals surface area contributed by atoms with E-state index < -0.39 is 51.1 Å². The number of esters is 2. The molecule has 0 radical (unpaired) electrons. The SMILES string of the molecule is CC/C=C\C/C=C\C/C=C\C/C=C\CCCCCCC(=O)OC(COC(=O)CCCCCCCCCCCCCCCCCCCCCC)COP(=O)(O)OCC(N)C(=O)O. The fraction of sp³-hybridized carbons (Fsp3) is 0.776. The van der Waals surface area contributed by atoms with Crippen molar-refractivity contribution in [2.24, 2.45) is 5.73 Å². The molecule has 0 spiro atoms. The van der Waals surface area contributed by atoms with Gasteiger partial charge in [-0.15, -0.1) is 0 Å². The summed E-state index contributed by atoms with van der Waals surface area (Å²) in [6, 6.07) is -1.53. The second-order valence-electron chi connectivity index (χ2n) is 16.2. The third kappa shape index (κ3) is 43.9. The number of carboxylic acid groups (broad SMARTS) is 1. The van der Waals surface area contributed by atoms with Crippen LogP contribution in [0.3, 0.4) is 0 Å². The molecule has 3 atom stereocenters. The minimum absolute atomic E-state index is 0.134. The molecule has 0 aromatic carbocycles. The molecule has 12 heteroatoms. The molecule has 0 heterocycles. The third-order valence-corrected chi connectivity index (χ3v) is 11.3. The molecule has 0 aliphatic rings. The summed E-state index contributed by atoms with van der Waals surface area (Å²) in [5.41, 5.74) is 5.34.